The van der Waals surface area contributed by atoms with E-state index in [9.17, 15) is 4.79 Å². The first-order valence-corrected chi connectivity index (χ1v) is 10.7. The lowest BCUT2D eigenvalue weighted by Crippen LogP contribution is -2.41. The van der Waals surface area contributed by atoms with Crippen molar-refractivity contribution in [3.63, 3.8) is 0 Å². The maximum atomic E-state index is 15.3. The molecule has 2 aliphatic rings. The Labute approximate surface area is 182 Å². The summed E-state index contributed by atoms with van der Waals surface area (Å²) in [6.45, 7) is 3.63. The van der Waals surface area contributed by atoms with Gasteiger partial charge in [0.2, 0.25) is 5.91 Å². The molecule has 1 saturated carbocycles. The summed E-state index contributed by atoms with van der Waals surface area (Å²) < 4.78 is 17.0. The number of hydrogen-bond donors (Lipinski definition) is 2. The number of aromatic nitrogens is 2. The van der Waals surface area contributed by atoms with Crippen LogP contribution >= 0.6 is 0 Å². The Balaban J connectivity index is 1.62. The number of amides is 1. The van der Waals surface area contributed by atoms with Gasteiger partial charge in [0, 0.05) is 69.1 Å². The van der Waals surface area contributed by atoms with Crippen molar-refractivity contribution in [2.45, 2.75) is 26.2 Å². The Bertz CT molecular complexity index is 1040. The third kappa shape index (κ3) is 4.78. The number of anilines is 1. The number of amidine groups is 1. The van der Waals surface area contributed by atoms with Crippen molar-refractivity contribution in [3.8, 4) is 11.1 Å². The van der Waals surface area contributed by atoms with Gasteiger partial charge in [0.05, 0.1) is 18.4 Å². The summed E-state index contributed by atoms with van der Waals surface area (Å²) in [6, 6.07) is 5.24. The highest BCUT2D eigenvalue weighted by Crippen LogP contribution is 2.30. The van der Waals surface area contributed by atoms with Gasteiger partial charge in [0.25, 0.3) is 0 Å². The van der Waals surface area contributed by atoms with E-state index in [2.05, 4.69) is 20.7 Å². The molecule has 2 heterocycles. The molecular weight excluding hydrogens is 395 g/mol. The minimum absolute atomic E-state index is 0.0268. The van der Waals surface area contributed by atoms with E-state index < -0.39 is 0 Å². The molecule has 1 amide bonds. The van der Waals surface area contributed by atoms with Crippen LogP contribution in [0.4, 0.5) is 10.1 Å². The lowest BCUT2D eigenvalue weighted by atomic mass is 10.0. The van der Waals surface area contributed by atoms with E-state index in [4.69, 9.17) is 0 Å². The number of nitrogens with zero attached hydrogens (tertiary/aromatic N) is 4. The zero-order valence-electron chi connectivity index (χ0n) is 18.3. The molecule has 1 aromatic heterocycles. The average Bonchev–Trinajstić information content (AvgIpc) is 3.50. The van der Waals surface area contributed by atoms with Gasteiger partial charge >= 0.3 is 0 Å². The van der Waals surface area contributed by atoms with Gasteiger partial charge in [0.1, 0.15) is 5.84 Å². The topological polar surface area (TPSA) is 74.6 Å². The second-order valence-corrected chi connectivity index (χ2v) is 8.24. The number of benzene rings is 1. The molecule has 7 nitrogen and oxygen atoms in total. The summed E-state index contributed by atoms with van der Waals surface area (Å²) in [5, 5.41) is 10.9. The smallest absolute Gasteiger partial charge is 0.219 e. The minimum atomic E-state index is -0.357. The van der Waals surface area contributed by atoms with Crippen LogP contribution in [-0.2, 0) is 11.8 Å². The Hall–Kier alpha value is -3.16. The molecule has 1 aliphatic carbocycles. The summed E-state index contributed by atoms with van der Waals surface area (Å²) in [4.78, 5) is 18.2. The van der Waals surface area contributed by atoms with E-state index >= 15 is 4.39 Å². The van der Waals surface area contributed by atoms with Crippen LogP contribution in [0.25, 0.3) is 11.1 Å². The van der Waals surface area contributed by atoms with E-state index in [1.807, 2.05) is 6.07 Å². The van der Waals surface area contributed by atoms with Gasteiger partial charge in [-0.1, -0.05) is 12.1 Å². The lowest BCUT2D eigenvalue weighted by Gasteiger charge is -2.31. The maximum Gasteiger partial charge on any atom is 0.219 e. The predicted octanol–water partition coefficient (Wildman–Crippen LogP) is 3.17. The van der Waals surface area contributed by atoms with Crippen LogP contribution in [0.5, 0.6) is 0 Å². The second-order valence-electron chi connectivity index (χ2n) is 8.24. The second kappa shape index (κ2) is 8.91. The summed E-state index contributed by atoms with van der Waals surface area (Å²) in [5.74, 6) is 0.970. The fourth-order valence-electron chi connectivity index (χ4n) is 3.84. The molecule has 0 atom stereocenters. The normalized spacial score (nSPS) is 17.2. The number of carbonyl (C=O) groups is 1. The Morgan fingerprint density at radius 2 is 2.16 bits per heavy atom. The van der Waals surface area contributed by atoms with Gasteiger partial charge in [-0.15, -0.1) is 0 Å². The van der Waals surface area contributed by atoms with Crippen molar-refractivity contribution in [1.82, 2.24) is 20.0 Å². The van der Waals surface area contributed by atoms with E-state index in [0.29, 0.717) is 35.7 Å². The molecule has 1 aliphatic heterocycles. The summed E-state index contributed by atoms with van der Waals surface area (Å²) >= 11 is 0. The van der Waals surface area contributed by atoms with Gasteiger partial charge < -0.3 is 15.5 Å². The molecule has 0 radical (unpaired) electrons. The van der Waals surface area contributed by atoms with Crippen LogP contribution in [0.2, 0.25) is 0 Å². The number of rotatable bonds is 6. The molecule has 2 aromatic rings. The van der Waals surface area contributed by atoms with Crippen LogP contribution in [0, 0.1) is 11.7 Å². The molecule has 0 unspecified atom stereocenters. The Morgan fingerprint density at radius 3 is 2.81 bits per heavy atom. The molecule has 31 heavy (non-hydrogen) atoms. The molecule has 0 spiro atoms. The molecule has 2 N–H and O–H groups in total. The first-order valence-electron chi connectivity index (χ1n) is 10.7. The first kappa shape index (κ1) is 21.1. The third-order valence-electron chi connectivity index (χ3n) is 5.87. The Morgan fingerprint density at radius 1 is 1.35 bits per heavy atom. The number of aryl methyl sites for hydroxylation is 1. The van der Waals surface area contributed by atoms with Gasteiger partial charge in [-0.25, -0.2) is 4.39 Å². The zero-order chi connectivity index (χ0) is 22.0. The predicted molar refractivity (Wildman–Crippen MR) is 120 cm³/mol. The standard InChI is InChI=1S/C23H29FN6O/c1-15(31)30-10-9-20(26-11-16-7-8-16)19(14-30)23(25-2)28-21-6-4-5-18(22(21)24)17-12-27-29(3)13-17/h4-6,12-13,16,26H,7-11,14H2,1-3H3,(H,25,28). The van der Waals surface area contributed by atoms with Gasteiger partial charge in [-0.05, 0) is 24.8 Å². The maximum absolute atomic E-state index is 15.3. The number of hydrogen-bond acceptors (Lipinski definition) is 4. The number of aliphatic imine (C=N–C) groups is 1. The Kier molecular flexibility index (Phi) is 6.06. The highest BCUT2D eigenvalue weighted by Gasteiger charge is 2.27. The highest BCUT2D eigenvalue weighted by atomic mass is 19.1. The number of halogens is 1. The van der Waals surface area contributed by atoms with Crippen LogP contribution in [0.15, 0.2) is 46.9 Å². The largest absolute Gasteiger partial charge is 0.388 e. The molecule has 1 fully saturated rings. The molecule has 8 heteroatoms. The van der Waals surface area contributed by atoms with Crippen molar-refractivity contribution in [1.29, 1.82) is 0 Å². The summed E-state index contributed by atoms with van der Waals surface area (Å²) in [6.07, 6.45) is 6.68. The summed E-state index contributed by atoms with van der Waals surface area (Å²) in [5.41, 5.74) is 3.53. The molecular formula is C23H29FN6O. The molecule has 0 saturated heterocycles. The van der Waals surface area contributed by atoms with Crippen molar-refractivity contribution in [2.24, 2.45) is 18.0 Å². The third-order valence-corrected chi connectivity index (χ3v) is 5.87. The van der Waals surface area contributed by atoms with Crippen molar-refractivity contribution in [2.75, 3.05) is 32.0 Å². The monoisotopic (exact) mass is 424 g/mol. The minimum Gasteiger partial charge on any atom is -0.388 e. The van der Waals surface area contributed by atoms with Gasteiger partial charge in [-0.3, -0.25) is 14.5 Å². The quantitative estimate of drug-likeness (QED) is 0.552. The van der Waals surface area contributed by atoms with E-state index in [0.717, 1.165) is 30.2 Å². The molecule has 1 aromatic carbocycles. The lowest BCUT2D eigenvalue weighted by molar-refractivity contribution is -0.128. The van der Waals surface area contributed by atoms with E-state index in [1.165, 1.54) is 12.8 Å². The van der Waals surface area contributed by atoms with E-state index in [1.54, 1.807) is 55.1 Å². The summed E-state index contributed by atoms with van der Waals surface area (Å²) in [7, 11) is 3.49. The van der Waals surface area contributed by atoms with Crippen LogP contribution in [0.3, 0.4) is 0 Å². The van der Waals surface area contributed by atoms with E-state index in [-0.39, 0.29) is 11.7 Å². The average molecular weight is 425 g/mol. The first-order chi connectivity index (χ1) is 15.0. The fourth-order valence-corrected chi connectivity index (χ4v) is 3.84. The SMILES string of the molecule is CN=C(Nc1cccc(-c2cnn(C)c2)c1F)C1=C(NCC2CC2)CCN(C(C)=O)C1. The highest BCUT2D eigenvalue weighted by molar-refractivity contribution is 6.09. The fraction of sp³-hybridized carbons (Fsp3) is 0.435. The van der Waals surface area contributed by atoms with Crippen LogP contribution < -0.4 is 10.6 Å². The molecule has 4 rings (SSSR count). The molecule has 0 bridgehead atoms. The van der Waals surface area contributed by atoms with Crippen molar-refractivity contribution < 1.29 is 9.18 Å². The van der Waals surface area contributed by atoms with Crippen LogP contribution in [-0.4, -0.2) is 53.1 Å². The number of nitrogens with one attached hydrogen (secondary N) is 2. The number of carbonyl (C=O) groups excluding carboxylic acids is 1. The van der Waals surface area contributed by atoms with Crippen LogP contribution in [0.1, 0.15) is 26.2 Å². The zero-order valence-corrected chi connectivity index (χ0v) is 18.3. The van der Waals surface area contributed by atoms with Gasteiger partial charge in [0.15, 0.2) is 5.82 Å². The molecule has 164 valence electrons. The van der Waals surface area contributed by atoms with Crippen molar-refractivity contribution >= 4 is 17.4 Å². The van der Waals surface area contributed by atoms with Crippen molar-refractivity contribution in [3.05, 3.63) is 47.7 Å². The van der Waals surface area contributed by atoms with Gasteiger partial charge in [-0.2, -0.15) is 5.10 Å².